The molecule has 2 atom stereocenters. The quantitative estimate of drug-likeness (QED) is 0.743. The van der Waals surface area contributed by atoms with E-state index in [0.29, 0.717) is 11.4 Å². The number of pyridine rings is 1. The number of carboxylic acid groups (broad SMARTS) is 1. The summed E-state index contributed by atoms with van der Waals surface area (Å²) in [5.74, 6) is -1.68. The zero-order valence-corrected chi connectivity index (χ0v) is 10.4. The van der Waals surface area contributed by atoms with Gasteiger partial charge in [-0.05, 0) is 19.1 Å². The summed E-state index contributed by atoms with van der Waals surface area (Å²) in [5, 5.41) is 14.2. The van der Waals surface area contributed by atoms with E-state index in [0.717, 1.165) is 0 Å². The van der Waals surface area contributed by atoms with Crippen LogP contribution in [0.1, 0.15) is 5.69 Å². The SMILES string of the molecule is Cc1ncccc1NC(=O)NC1COCC1C(=O)O. The molecule has 2 rings (SSSR count). The molecule has 7 heteroatoms. The molecule has 19 heavy (non-hydrogen) atoms. The van der Waals surface area contributed by atoms with E-state index in [1.807, 2.05) is 0 Å². The Morgan fingerprint density at radius 1 is 1.47 bits per heavy atom. The van der Waals surface area contributed by atoms with Crippen molar-refractivity contribution in [1.82, 2.24) is 10.3 Å². The molecular weight excluding hydrogens is 250 g/mol. The lowest BCUT2D eigenvalue weighted by atomic mass is 10.0. The van der Waals surface area contributed by atoms with Gasteiger partial charge < -0.3 is 20.5 Å². The minimum Gasteiger partial charge on any atom is -0.481 e. The monoisotopic (exact) mass is 265 g/mol. The van der Waals surface area contributed by atoms with Crippen LogP contribution in [0.3, 0.4) is 0 Å². The van der Waals surface area contributed by atoms with Crippen LogP contribution in [0.2, 0.25) is 0 Å². The number of ether oxygens (including phenoxy) is 1. The molecule has 1 saturated heterocycles. The van der Waals surface area contributed by atoms with Gasteiger partial charge in [-0.1, -0.05) is 0 Å². The fourth-order valence-corrected chi connectivity index (χ4v) is 1.88. The van der Waals surface area contributed by atoms with E-state index in [9.17, 15) is 9.59 Å². The van der Waals surface area contributed by atoms with Crippen LogP contribution in [0.25, 0.3) is 0 Å². The fourth-order valence-electron chi connectivity index (χ4n) is 1.88. The smallest absolute Gasteiger partial charge is 0.319 e. The number of nitrogens with one attached hydrogen (secondary N) is 2. The first kappa shape index (κ1) is 13.3. The van der Waals surface area contributed by atoms with Gasteiger partial charge in [0.2, 0.25) is 0 Å². The van der Waals surface area contributed by atoms with Crippen molar-refractivity contribution in [3.63, 3.8) is 0 Å². The Hall–Kier alpha value is -2.15. The minimum absolute atomic E-state index is 0.117. The summed E-state index contributed by atoms with van der Waals surface area (Å²) in [7, 11) is 0. The Balaban J connectivity index is 1.95. The summed E-state index contributed by atoms with van der Waals surface area (Å²) in [4.78, 5) is 26.8. The lowest BCUT2D eigenvalue weighted by molar-refractivity contribution is -0.142. The zero-order chi connectivity index (χ0) is 13.8. The summed E-state index contributed by atoms with van der Waals surface area (Å²) in [5.41, 5.74) is 1.28. The van der Waals surface area contributed by atoms with Gasteiger partial charge in [-0.25, -0.2) is 4.79 Å². The van der Waals surface area contributed by atoms with Gasteiger partial charge in [0.1, 0.15) is 5.92 Å². The molecule has 0 saturated carbocycles. The summed E-state index contributed by atoms with van der Waals surface area (Å²) in [6, 6.07) is 2.45. The molecule has 2 heterocycles. The molecule has 1 aromatic heterocycles. The van der Waals surface area contributed by atoms with Crippen LogP contribution in [0.15, 0.2) is 18.3 Å². The molecule has 7 nitrogen and oxygen atoms in total. The number of nitrogens with zero attached hydrogens (tertiary/aromatic N) is 1. The third-order valence-electron chi connectivity index (χ3n) is 2.97. The summed E-state index contributed by atoms with van der Waals surface area (Å²) in [6.45, 7) is 2.09. The van der Waals surface area contributed by atoms with Crippen LogP contribution in [-0.4, -0.2) is 41.3 Å². The van der Waals surface area contributed by atoms with Gasteiger partial charge in [0, 0.05) is 6.20 Å². The Kier molecular flexibility index (Phi) is 3.96. The number of anilines is 1. The number of amides is 2. The average Bonchev–Trinajstić information content (AvgIpc) is 2.80. The van der Waals surface area contributed by atoms with Gasteiger partial charge >= 0.3 is 12.0 Å². The Morgan fingerprint density at radius 2 is 2.26 bits per heavy atom. The third-order valence-corrected chi connectivity index (χ3v) is 2.97. The molecule has 2 amide bonds. The van der Waals surface area contributed by atoms with Crippen molar-refractivity contribution < 1.29 is 19.4 Å². The van der Waals surface area contributed by atoms with Crippen molar-refractivity contribution in [2.24, 2.45) is 5.92 Å². The number of aromatic nitrogens is 1. The van der Waals surface area contributed by atoms with Gasteiger partial charge in [-0.15, -0.1) is 0 Å². The molecular formula is C12H15N3O4. The van der Waals surface area contributed by atoms with Gasteiger partial charge in [0.15, 0.2) is 0 Å². The molecule has 3 N–H and O–H groups in total. The van der Waals surface area contributed by atoms with Crippen molar-refractivity contribution in [2.45, 2.75) is 13.0 Å². The van der Waals surface area contributed by atoms with Crippen molar-refractivity contribution in [3.05, 3.63) is 24.0 Å². The first-order chi connectivity index (χ1) is 9.08. The van der Waals surface area contributed by atoms with Crippen LogP contribution in [0.4, 0.5) is 10.5 Å². The normalized spacial score (nSPS) is 21.9. The highest BCUT2D eigenvalue weighted by Gasteiger charge is 2.35. The molecule has 1 aliphatic rings. The summed E-state index contributed by atoms with van der Waals surface area (Å²) in [6.07, 6.45) is 1.63. The minimum atomic E-state index is -0.972. The summed E-state index contributed by atoms with van der Waals surface area (Å²) >= 11 is 0. The predicted molar refractivity (Wildman–Crippen MR) is 66.9 cm³/mol. The van der Waals surface area contributed by atoms with Crippen molar-refractivity contribution in [2.75, 3.05) is 18.5 Å². The number of hydrogen-bond acceptors (Lipinski definition) is 4. The Labute approximate surface area is 110 Å². The highest BCUT2D eigenvalue weighted by Crippen LogP contribution is 2.15. The maximum atomic E-state index is 11.8. The molecule has 0 aromatic carbocycles. The maximum absolute atomic E-state index is 11.8. The molecule has 0 radical (unpaired) electrons. The van der Waals surface area contributed by atoms with Gasteiger partial charge in [-0.3, -0.25) is 9.78 Å². The van der Waals surface area contributed by atoms with Crippen molar-refractivity contribution in [3.8, 4) is 0 Å². The average molecular weight is 265 g/mol. The molecule has 1 fully saturated rings. The highest BCUT2D eigenvalue weighted by atomic mass is 16.5. The largest absolute Gasteiger partial charge is 0.481 e. The van der Waals surface area contributed by atoms with E-state index in [2.05, 4.69) is 15.6 Å². The van der Waals surface area contributed by atoms with Crippen LogP contribution >= 0.6 is 0 Å². The number of rotatable bonds is 3. The van der Waals surface area contributed by atoms with E-state index < -0.39 is 24.0 Å². The highest BCUT2D eigenvalue weighted by molar-refractivity contribution is 5.90. The zero-order valence-electron chi connectivity index (χ0n) is 10.4. The molecule has 1 aromatic rings. The Morgan fingerprint density at radius 3 is 2.95 bits per heavy atom. The number of aryl methyl sites for hydroxylation is 1. The molecule has 0 spiro atoms. The predicted octanol–water partition coefficient (Wildman–Crippen LogP) is 0.611. The van der Waals surface area contributed by atoms with Crippen LogP contribution in [0.5, 0.6) is 0 Å². The van der Waals surface area contributed by atoms with Crippen molar-refractivity contribution in [1.29, 1.82) is 0 Å². The van der Waals surface area contributed by atoms with E-state index in [4.69, 9.17) is 9.84 Å². The molecule has 0 bridgehead atoms. The number of hydrogen-bond donors (Lipinski definition) is 3. The van der Waals surface area contributed by atoms with Crippen LogP contribution in [0, 0.1) is 12.8 Å². The van der Waals surface area contributed by atoms with Gasteiger partial charge in [-0.2, -0.15) is 0 Å². The first-order valence-electron chi connectivity index (χ1n) is 5.87. The fraction of sp³-hybridized carbons (Fsp3) is 0.417. The number of urea groups is 1. The Bertz CT molecular complexity index is 492. The van der Waals surface area contributed by atoms with Gasteiger partial charge in [0.25, 0.3) is 0 Å². The second-order valence-electron chi connectivity index (χ2n) is 4.32. The van der Waals surface area contributed by atoms with Crippen LogP contribution in [-0.2, 0) is 9.53 Å². The lowest BCUT2D eigenvalue weighted by Crippen LogP contribution is -2.44. The molecule has 1 aliphatic heterocycles. The number of carbonyl (C=O) groups excluding carboxylic acids is 1. The van der Waals surface area contributed by atoms with Crippen molar-refractivity contribution >= 4 is 17.7 Å². The number of carbonyl (C=O) groups is 2. The molecule has 0 aliphatic carbocycles. The third kappa shape index (κ3) is 3.19. The van der Waals surface area contributed by atoms with E-state index >= 15 is 0 Å². The first-order valence-corrected chi connectivity index (χ1v) is 5.87. The lowest BCUT2D eigenvalue weighted by Gasteiger charge is -2.16. The summed E-state index contributed by atoms with van der Waals surface area (Å²) < 4.78 is 5.07. The molecule has 102 valence electrons. The van der Waals surface area contributed by atoms with Crippen LogP contribution < -0.4 is 10.6 Å². The topological polar surface area (TPSA) is 101 Å². The second-order valence-corrected chi connectivity index (χ2v) is 4.32. The van der Waals surface area contributed by atoms with E-state index in [1.165, 1.54) is 0 Å². The van der Waals surface area contributed by atoms with Gasteiger partial charge in [0.05, 0.1) is 30.6 Å². The van der Waals surface area contributed by atoms with E-state index in [-0.39, 0.29) is 13.2 Å². The number of carboxylic acids is 1. The molecule has 2 unspecified atom stereocenters. The number of aliphatic carboxylic acids is 1. The van der Waals surface area contributed by atoms with E-state index in [1.54, 1.807) is 25.3 Å². The second kappa shape index (κ2) is 5.66. The standard InChI is InChI=1S/C12H15N3O4/c1-7-9(3-2-4-13-7)14-12(18)15-10-6-19-5-8(10)11(16)17/h2-4,8,10H,5-6H2,1H3,(H,16,17)(H2,14,15,18). The maximum Gasteiger partial charge on any atom is 0.319 e.